The van der Waals surface area contributed by atoms with E-state index in [1.807, 2.05) is 0 Å². The molecular weight excluding hydrogens is 292 g/mol. The largest absolute Gasteiger partial charge is 0.409 e. The number of hydrogen-bond donors (Lipinski definition) is 3. The number of nitrogens with zero attached hydrogens (tertiary/aromatic N) is 2. The van der Waals surface area contributed by atoms with Gasteiger partial charge < -0.3 is 16.3 Å². The highest BCUT2D eigenvalue weighted by molar-refractivity contribution is 6.34. The van der Waals surface area contributed by atoms with Crippen molar-refractivity contribution >= 4 is 29.0 Å². The van der Waals surface area contributed by atoms with Crippen LogP contribution in [-0.4, -0.2) is 21.9 Å². The minimum absolute atomic E-state index is 0.0599. The predicted molar refractivity (Wildman–Crippen MR) is 80.9 cm³/mol. The molecule has 2 rings (SSSR count). The molecule has 0 bridgehead atoms. The highest BCUT2D eigenvalue weighted by Gasteiger charge is 2.12. The Morgan fingerprint density at radius 1 is 1.43 bits per heavy atom. The molecular formula is C14H13ClN4O2. The number of aromatic nitrogens is 1. The number of carbonyl (C=O) groups excluding carboxylic acids is 1. The van der Waals surface area contributed by atoms with Gasteiger partial charge >= 0.3 is 0 Å². The van der Waals surface area contributed by atoms with E-state index in [9.17, 15) is 4.79 Å². The summed E-state index contributed by atoms with van der Waals surface area (Å²) in [6, 6.07) is 8.21. The molecule has 1 heterocycles. The number of nitrogens with two attached hydrogens (primary N) is 1. The molecule has 0 aliphatic rings. The molecule has 0 atom stereocenters. The molecule has 0 saturated carbocycles. The molecule has 1 aromatic heterocycles. The number of amides is 1. The normalized spacial score (nSPS) is 11.2. The van der Waals surface area contributed by atoms with Crippen molar-refractivity contribution in [2.24, 2.45) is 10.9 Å². The zero-order valence-corrected chi connectivity index (χ0v) is 11.9. The number of hydrogen-bond acceptors (Lipinski definition) is 4. The Morgan fingerprint density at radius 3 is 2.81 bits per heavy atom. The number of pyridine rings is 1. The lowest BCUT2D eigenvalue weighted by atomic mass is 10.1. The van der Waals surface area contributed by atoms with Crippen molar-refractivity contribution < 1.29 is 10.0 Å². The van der Waals surface area contributed by atoms with Crippen molar-refractivity contribution in [1.29, 1.82) is 0 Å². The summed E-state index contributed by atoms with van der Waals surface area (Å²) >= 11 is 6.07. The Labute approximate surface area is 126 Å². The van der Waals surface area contributed by atoms with Gasteiger partial charge in [-0.3, -0.25) is 9.78 Å². The fourth-order valence-electron chi connectivity index (χ4n) is 1.74. The van der Waals surface area contributed by atoms with Crippen LogP contribution in [0.5, 0.6) is 0 Å². The van der Waals surface area contributed by atoms with Crippen LogP contribution in [0.4, 0.5) is 5.69 Å². The van der Waals surface area contributed by atoms with Crippen LogP contribution >= 0.6 is 11.6 Å². The number of rotatable bonds is 3. The third kappa shape index (κ3) is 3.29. The summed E-state index contributed by atoms with van der Waals surface area (Å²) in [6.07, 6.45) is 1.55. The van der Waals surface area contributed by atoms with Crippen LogP contribution in [0.2, 0.25) is 5.02 Å². The van der Waals surface area contributed by atoms with Gasteiger partial charge in [-0.15, -0.1) is 0 Å². The van der Waals surface area contributed by atoms with Crippen molar-refractivity contribution in [3.8, 4) is 0 Å². The third-order valence-corrected chi connectivity index (χ3v) is 3.16. The molecule has 1 amide bonds. The van der Waals surface area contributed by atoms with Gasteiger partial charge in [0.25, 0.3) is 5.91 Å². The first kappa shape index (κ1) is 14.8. The van der Waals surface area contributed by atoms with Crippen LogP contribution in [0.25, 0.3) is 0 Å². The maximum absolute atomic E-state index is 12.1. The van der Waals surface area contributed by atoms with E-state index in [4.69, 9.17) is 22.5 Å². The smallest absolute Gasteiger partial charge is 0.274 e. The summed E-state index contributed by atoms with van der Waals surface area (Å²) < 4.78 is 0. The number of carbonyl (C=O) groups is 1. The second-order valence-corrected chi connectivity index (χ2v) is 4.71. The quantitative estimate of drug-likeness (QED) is 0.351. The van der Waals surface area contributed by atoms with Crippen molar-refractivity contribution in [3.63, 3.8) is 0 Å². The molecule has 21 heavy (non-hydrogen) atoms. The van der Waals surface area contributed by atoms with Gasteiger partial charge in [0, 0.05) is 11.8 Å². The van der Waals surface area contributed by atoms with Crippen LogP contribution in [0, 0.1) is 6.92 Å². The molecule has 108 valence electrons. The molecule has 0 aliphatic carbocycles. The van der Waals surface area contributed by atoms with E-state index in [-0.39, 0.29) is 16.8 Å². The Balaban J connectivity index is 2.25. The highest BCUT2D eigenvalue weighted by atomic mass is 35.5. The maximum atomic E-state index is 12.1. The second-order valence-electron chi connectivity index (χ2n) is 4.30. The van der Waals surface area contributed by atoms with Gasteiger partial charge in [0.15, 0.2) is 5.84 Å². The number of amidine groups is 1. The molecule has 7 heteroatoms. The average Bonchev–Trinajstić information content (AvgIpc) is 2.48. The number of aryl methyl sites for hydroxylation is 1. The monoisotopic (exact) mass is 304 g/mol. The fraction of sp³-hybridized carbons (Fsp3) is 0.0714. The summed E-state index contributed by atoms with van der Waals surface area (Å²) in [6.45, 7) is 1.80. The Hall–Kier alpha value is -2.60. The zero-order chi connectivity index (χ0) is 15.4. The van der Waals surface area contributed by atoms with E-state index in [2.05, 4.69) is 15.5 Å². The molecule has 4 N–H and O–H groups in total. The molecule has 0 fully saturated rings. The van der Waals surface area contributed by atoms with Gasteiger partial charge in [-0.1, -0.05) is 22.8 Å². The van der Waals surface area contributed by atoms with Crippen molar-refractivity contribution in [2.75, 3.05) is 5.32 Å². The Morgan fingerprint density at radius 2 is 2.19 bits per heavy atom. The molecule has 0 aliphatic heterocycles. The predicted octanol–water partition coefficient (Wildman–Crippen LogP) is 2.39. The molecule has 2 aromatic rings. The van der Waals surface area contributed by atoms with E-state index in [0.29, 0.717) is 16.9 Å². The first-order valence-electron chi connectivity index (χ1n) is 6.03. The van der Waals surface area contributed by atoms with Gasteiger partial charge in [-0.25, -0.2) is 0 Å². The zero-order valence-electron chi connectivity index (χ0n) is 11.2. The number of anilines is 1. The minimum Gasteiger partial charge on any atom is -0.409 e. The first-order valence-corrected chi connectivity index (χ1v) is 6.41. The molecule has 0 saturated heterocycles. The minimum atomic E-state index is -0.355. The van der Waals surface area contributed by atoms with E-state index in [1.54, 1.807) is 37.4 Å². The average molecular weight is 305 g/mol. The molecule has 0 unspecified atom stereocenters. The van der Waals surface area contributed by atoms with Crippen LogP contribution in [-0.2, 0) is 0 Å². The first-order chi connectivity index (χ1) is 10.0. The van der Waals surface area contributed by atoms with Crippen LogP contribution in [0.3, 0.4) is 0 Å². The summed E-state index contributed by atoms with van der Waals surface area (Å²) in [4.78, 5) is 16.2. The lowest BCUT2D eigenvalue weighted by molar-refractivity contribution is 0.102. The molecule has 1 aromatic carbocycles. The second kappa shape index (κ2) is 6.23. The number of oxime groups is 1. The van der Waals surface area contributed by atoms with Crippen molar-refractivity contribution in [1.82, 2.24) is 4.98 Å². The third-order valence-electron chi connectivity index (χ3n) is 2.85. The SMILES string of the molecule is Cc1cccnc1C(=O)Nc1ccc(/C(N)=N/O)cc1Cl. The molecule has 6 nitrogen and oxygen atoms in total. The number of halogens is 1. The topological polar surface area (TPSA) is 101 Å². The summed E-state index contributed by atoms with van der Waals surface area (Å²) in [7, 11) is 0. The molecule has 0 spiro atoms. The fourth-order valence-corrected chi connectivity index (χ4v) is 1.97. The van der Waals surface area contributed by atoms with Gasteiger partial charge in [0.2, 0.25) is 0 Å². The molecule has 0 radical (unpaired) electrons. The van der Waals surface area contributed by atoms with Crippen LogP contribution in [0.1, 0.15) is 21.6 Å². The van der Waals surface area contributed by atoms with Gasteiger partial charge in [-0.2, -0.15) is 0 Å². The maximum Gasteiger partial charge on any atom is 0.274 e. The standard InChI is InChI=1S/C14H13ClN4O2/c1-8-3-2-6-17-12(8)14(20)18-11-5-4-9(7-10(11)15)13(16)19-21/h2-7,21H,1H3,(H2,16,19)(H,18,20). The van der Waals surface area contributed by atoms with E-state index >= 15 is 0 Å². The van der Waals surface area contributed by atoms with E-state index < -0.39 is 0 Å². The van der Waals surface area contributed by atoms with Crippen molar-refractivity contribution in [2.45, 2.75) is 6.92 Å². The lowest BCUT2D eigenvalue weighted by Crippen LogP contribution is -2.16. The summed E-state index contributed by atoms with van der Waals surface area (Å²) in [5, 5.41) is 14.5. The summed E-state index contributed by atoms with van der Waals surface area (Å²) in [5.74, 6) is -0.415. The number of nitrogens with one attached hydrogen (secondary N) is 1. The van der Waals surface area contributed by atoms with Gasteiger partial charge in [0.1, 0.15) is 5.69 Å². The van der Waals surface area contributed by atoms with Crippen LogP contribution < -0.4 is 11.1 Å². The summed E-state index contributed by atoms with van der Waals surface area (Å²) in [5.41, 5.74) is 7.43. The van der Waals surface area contributed by atoms with Crippen molar-refractivity contribution in [3.05, 3.63) is 58.4 Å². The van der Waals surface area contributed by atoms with Gasteiger partial charge in [-0.05, 0) is 36.8 Å². The Bertz CT molecular complexity index is 716. The highest BCUT2D eigenvalue weighted by Crippen LogP contribution is 2.23. The number of benzene rings is 1. The van der Waals surface area contributed by atoms with Gasteiger partial charge in [0.05, 0.1) is 10.7 Å². The van der Waals surface area contributed by atoms with E-state index in [0.717, 1.165) is 5.56 Å². The van der Waals surface area contributed by atoms with Crippen LogP contribution in [0.15, 0.2) is 41.7 Å². The Kier molecular flexibility index (Phi) is 4.39. The van der Waals surface area contributed by atoms with E-state index in [1.165, 1.54) is 6.07 Å². The lowest BCUT2D eigenvalue weighted by Gasteiger charge is -2.09.